The third kappa shape index (κ3) is 3.47. The first-order valence-electron chi connectivity index (χ1n) is 6.50. The zero-order valence-electron chi connectivity index (χ0n) is 12.5. The molecule has 124 valence electrons. The number of aryl methyl sites for hydroxylation is 2. The van der Waals surface area contributed by atoms with Gasteiger partial charge in [0.25, 0.3) is 0 Å². The highest BCUT2D eigenvalue weighted by molar-refractivity contribution is 6.33. The van der Waals surface area contributed by atoms with E-state index in [1.807, 2.05) is 0 Å². The summed E-state index contributed by atoms with van der Waals surface area (Å²) in [6, 6.07) is 1.20. The Labute approximate surface area is 135 Å². The Hall–Kier alpha value is -2.09. The van der Waals surface area contributed by atoms with Gasteiger partial charge in [0.1, 0.15) is 0 Å². The maximum Gasteiger partial charge on any atom is 0.430 e. The summed E-state index contributed by atoms with van der Waals surface area (Å²) >= 11 is 5.77. The number of carbonyl (C=O) groups is 1. The molecule has 9 heteroatoms. The fourth-order valence-electron chi connectivity index (χ4n) is 2.17. The van der Waals surface area contributed by atoms with Gasteiger partial charge >= 0.3 is 12.1 Å². The van der Waals surface area contributed by atoms with E-state index in [1.165, 1.54) is 37.8 Å². The Bertz CT molecular complexity index is 743. The van der Waals surface area contributed by atoms with Gasteiger partial charge in [-0.3, -0.25) is 9.67 Å². The molecule has 1 atom stereocenters. The van der Waals surface area contributed by atoms with Crippen molar-refractivity contribution in [1.29, 1.82) is 0 Å². The van der Waals surface area contributed by atoms with Crippen LogP contribution in [-0.2, 0) is 11.8 Å². The highest BCUT2D eigenvalue weighted by Gasteiger charge is 2.47. The Morgan fingerprint density at radius 2 is 2.04 bits per heavy atom. The van der Waals surface area contributed by atoms with Gasteiger partial charge in [0.2, 0.25) is 6.10 Å². The second kappa shape index (κ2) is 6.19. The summed E-state index contributed by atoms with van der Waals surface area (Å²) in [5, 5.41) is 3.85. The van der Waals surface area contributed by atoms with Gasteiger partial charge in [-0.2, -0.15) is 18.3 Å². The van der Waals surface area contributed by atoms with E-state index in [0.717, 1.165) is 6.20 Å². The number of alkyl halides is 3. The van der Waals surface area contributed by atoms with E-state index in [4.69, 9.17) is 16.3 Å². The average Bonchev–Trinajstić information content (AvgIpc) is 2.69. The summed E-state index contributed by atoms with van der Waals surface area (Å²) in [4.78, 5) is 15.7. The summed E-state index contributed by atoms with van der Waals surface area (Å²) in [5.74, 6) is -1.18. The van der Waals surface area contributed by atoms with E-state index in [0.29, 0.717) is 0 Å². The second-order valence-corrected chi connectivity index (χ2v) is 5.30. The van der Waals surface area contributed by atoms with Gasteiger partial charge in [-0.25, -0.2) is 4.79 Å². The minimum absolute atomic E-state index is 0.0851. The first kappa shape index (κ1) is 17.3. The first-order valence-corrected chi connectivity index (χ1v) is 6.88. The summed E-state index contributed by atoms with van der Waals surface area (Å²) in [7, 11) is 1.51. The van der Waals surface area contributed by atoms with Crippen molar-refractivity contribution in [3.05, 3.63) is 46.0 Å². The van der Waals surface area contributed by atoms with E-state index in [1.54, 1.807) is 0 Å². The number of hydrogen-bond donors (Lipinski definition) is 0. The lowest BCUT2D eigenvalue weighted by molar-refractivity contribution is -0.207. The van der Waals surface area contributed by atoms with Crippen molar-refractivity contribution in [2.75, 3.05) is 0 Å². The molecule has 0 aliphatic heterocycles. The van der Waals surface area contributed by atoms with Crippen LogP contribution in [0.2, 0.25) is 5.02 Å². The van der Waals surface area contributed by atoms with Crippen molar-refractivity contribution in [2.45, 2.75) is 26.1 Å². The molecule has 2 aromatic rings. The van der Waals surface area contributed by atoms with Gasteiger partial charge in [-0.15, -0.1) is 0 Å². The molecular formula is C14H13ClF3N3O2. The minimum atomic E-state index is -4.78. The number of carbonyl (C=O) groups excluding carboxylic acids is 1. The fraction of sp³-hybridized carbons (Fsp3) is 0.357. The topological polar surface area (TPSA) is 57.0 Å². The molecule has 0 aromatic carbocycles. The Balaban J connectivity index is 2.42. The van der Waals surface area contributed by atoms with Gasteiger partial charge in [0.05, 0.1) is 16.3 Å². The van der Waals surface area contributed by atoms with Crippen LogP contribution in [0.15, 0.2) is 18.5 Å². The normalized spacial score (nSPS) is 13.0. The molecule has 2 aromatic heterocycles. The summed E-state index contributed by atoms with van der Waals surface area (Å²) in [6.07, 6.45) is -4.81. The summed E-state index contributed by atoms with van der Waals surface area (Å²) in [5.41, 5.74) is 0.0352. The zero-order chi connectivity index (χ0) is 17.4. The number of pyridine rings is 1. The number of hydrogen-bond acceptors (Lipinski definition) is 4. The molecule has 2 heterocycles. The van der Waals surface area contributed by atoms with Crippen molar-refractivity contribution in [1.82, 2.24) is 14.8 Å². The average molecular weight is 348 g/mol. The SMILES string of the molecule is Cc1nn(C)c(C)c1[C@H](OC(=O)c1ccncc1Cl)C(F)(F)F. The van der Waals surface area contributed by atoms with Gasteiger partial charge in [-0.1, -0.05) is 11.6 Å². The smallest absolute Gasteiger partial charge is 0.430 e. The molecule has 0 aliphatic rings. The predicted molar refractivity (Wildman–Crippen MR) is 76.1 cm³/mol. The zero-order valence-corrected chi connectivity index (χ0v) is 13.2. The van der Waals surface area contributed by atoms with Crippen LogP contribution in [0.5, 0.6) is 0 Å². The van der Waals surface area contributed by atoms with Gasteiger partial charge < -0.3 is 4.74 Å². The van der Waals surface area contributed by atoms with E-state index in [9.17, 15) is 18.0 Å². The maximum absolute atomic E-state index is 13.4. The Morgan fingerprint density at radius 3 is 2.52 bits per heavy atom. The van der Waals surface area contributed by atoms with Crippen LogP contribution in [0, 0.1) is 13.8 Å². The Morgan fingerprint density at radius 1 is 1.39 bits per heavy atom. The van der Waals surface area contributed by atoms with Crippen LogP contribution in [0.25, 0.3) is 0 Å². The third-order valence-corrected chi connectivity index (χ3v) is 3.64. The van der Waals surface area contributed by atoms with E-state index < -0.39 is 18.2 Å². The number of ether oxygens (including phenoxy) is 1. The summed E-state index contributed by atoms with van der Waals surface area (Å²) < 4.78 is 46.2. The Kier molecular flexibility index (Phi) is 4.65. The molecule has 0 radical (unpaired) electrons. The largest absolute Gasteiger partial charge is 0.444 e. The molecule has 0 N–H and O–H groups in total. The minimum Gasteiger partial charge on any atom is -0.444 e. The van der Waals surface area contributed by atoms with Crippen molar-refractivity contribution in [3.8, 4) is 0 Å². The van der Waals surface area contributed by atoms with Crippen molar-refractivity contribution < 1.29 is 22.7 Å². The van der Waals surface area contributed by atoms with Gasteiger partial charge in [0.15, 0.2) is 0 Å². The molecule has 0 aliphatic carbocycles. The van der Waals surface area contributed by atoms with E-state index >= 15 is 0 Å². The number of aromatic nitrogens is 3. The fourth-order valence-corrected chi connectivity index (χ4v) is 2.37. The molecule has 0 unspecified atom stereocenters. The summed E-state index contributed by atoms with van der Waals surface area (Å²) in [6.45, 7) is 2.90. The van der Waals surface area contributed by atoms with Crippen LogP contribution in [-0.4, -0.2) is 26.9 Å². The van der Waals surface area contributed by atoms with E-state index in [-0.39, 0.29) is 27.5 Å². The number of rotatable bonds is 3. The molecule has 0 amide bonds. The number of nitrogens with zero attached hydrogens (tertiary/aromatic N) is 3. The monoisotopic (exact) mass is 347 g/mol. The number of esters is 1. The van der Waals surface area contributed by atoms with Crippen LogP contribution >= 0.6 is 11.6 Å². The molecule has 2 rings (SSSR count). The lowest BCUT2D eigenvalue weighted by atomic mass is 10.1. The molecular weight excluding hydrogens is 335 g/mol. The molecule has 5 nitrogen and oxygen atoms in total. The highest BCUT2D eigenvalue weighted by Crippen LogP contribution is 2.39. The maximum atomic E-state index is 13.4. The lowest BCUT2D eigenvalue weighted by Gasteiger charge is -2.21. The molecule has 0 spiro atoms. The van der Waals surface area contributed by atoms with Gasteiger partial charge in [0, 0.05) is 30.7 Å². The quantitative estimate of drug-likeness (QED) is 0.797. The molecule has 0 saturated carbocycles. The van der Waals surface area contributed by atoms with Crippen LogP contribution in [0.1, 0.15) is 33.4 Å². The lowest BCUT2D eigenvalue weighted by Crippen LogP contribution is -2.27. The highest BCUT2D eigenvalue weighted by atomic mass is 35.5. The second-order valence-electron chi connectivity index (χ2n) is 4.89. The van der Waals surface area contributed by atoms with Crippen LogP contribution < -0.4 is 0 Å². The molecule has 0 bridgehead atoms. The first-order chi connectivity index (χ1) is 10.6. The standard InChI is InChI=1S/C14H13ClF3N3O2/c1-7-11(8(2)21(3)20-7)12(14(16,17)18)23-13(22)9-4-5-19-6-10(9)15/h4-6,12H,1-3H3/t12-/m0/s1. The van der Waals surface area contributed by atoms with Crippen molar-refractivity contribution in [3.63, 3.8) is 0 Å². The van der Waals surface area contributed by atoms with E-state index in [2.05, 4.69) is 10.1 Å². The van der Waals surface area contributed by atoms with Crippen LogP contribution in [0.3, 0.4) is 0 Å². The molecule has 0 fully saturated rings. The molecule has 23 heavy (non-hydrogen) atoms. The van der Waals surface area contributed by atoms with Crippen molar-refractivity contribution >= 4 is 17.6 Å². The van der Waals surface area contributed by atoms with Gasteiger partial charge in [-0.05, 0) is 19.9 Å². The third-order valence-electron chi connectivity index (χ3n) is 3.34. The van der Waals surface area contributed by atoms with Crippen LogP contribution in [0.4, 0.5) is 13.2 Å². The number of halogens is 4. The van der Waals surface area contributed by atoms with Crippen molar-refractivity contribution in [2.24, 2.45) is 7.05 Å². The molecule has 0 saturated heterocycles. The predicted octanol–water partition coefficient (Wildman–Crippen LogP) is 3.55.